The largest absolute Gasteiger partial charge is 0.385 e. The lowest BCUT2D eigenvalue weighted by atomic mass is 10.1. The number of aryl methyl sites for hydroxylation is 1. The number of nitrogens with one attached hydrogen (secondary N) is 2. The van der Waals surface area contributed by atoms with Gasteiger partial charge in [-0.2, -0.15) is 0 Å². The highest BCUT2D eigenvalue weighted by molar-refractivity contribution is 6.30. The van der Waals surface area contributed by atoms with Gasteiger partial charge < -0.3 is 10.6 Å². The summed E-state index contributed by atoms with van der Waals surface area (Å²) in [4.78, 5) is 16.6. The maximum absolute atomic E-state index is 12.5. The Morgan fingerprint density at radius 1 is 1.08 bits per heavy atom. The molecule has 0 aliphatic carbocycles. The summed E-state index contributed by atoms with van der Waals surface area (Å²) in [5.74, 6) is -0.248. The zero-order valence-corrected chi connectivity index (χ0v) is 15.3. The van der Waals surface area contributed by atoms with E-state index in [0.29, 0.717) is 10.7 Å². The number of rotatable bonds is 6. The van der Waals surface area contributed by atoms with E-state index in [4.69, 9.17) is 11.6 Å². The Balaban J connectivity index is 1.61. The van der Waals surface area contributed by atoms with E-state index in [1.54, 1.807) is 24.4 Å². The lowest BCUT2D eigenvalue weighted by Crippen LogP contribution is -2.15. The van der Waals surface area contributed by atoms with E-state index in [-0.39, 0.29) is 5.91 Å². The molecule has 3 aromatic rings. The highest BCUT2D eigenvalue weighted by Crippen LogP contribution is 2.20. The number of aromatic nitrogens is 1. The molecule has 0 atom stereocenters. The first kappa shape index (κ1) is 18.0. The Morgan fingerprint density at radius 2 is 1.88 bits per heavy atom. The minimum atomic E-state index is -0.248. The normalized spacial score (nSPS) is 10.4. The third-order valence-corrected chi connectivity index (χ3v) is 4.25. The maximum Gasteiger partial charge on any atom is 0.274 e. The first-order valence-electron chi connectivity index (χ1n) is 8.43. The Bertz CT molecular complexity index is 897. The maximum atomic E-state index is 12.5. The van der Waals surface area contributed by atoms with E-state index < -0.39 is 0 Å². The van der Waals surface area contributed by atoms with Crippen molar-refractivity contribution in [2.75, 3.05) is 17.2 Å². The molecule has 0 fully saturated rings. The zero-order valence-electron chi connectivity index (χ0n) is 14.5. The van der Waals surface area contributed by atoms with Crippen LogP contribution in [0.5, 0.6) is 0 Å². The molecular weight excluding hydrogens is 346 g/mol. The Hall–Kier alpha value is -2.85. The van der Waals surface area contributed by atoms with Gasteiger partial charge in [-0.1, -0.05) is 41.9 Å². The molecule has 0 spiro atoms. The number of carbonyl (C=O) groups excluding carboxylic acids is 1. The standard InChI is InChI=1S/C21H20ClN3O/c1-15-13-17(22)7-8-19(15)25-21(26)20-14-18(10-12-24-20)23-11-9-16-5-3-2-4-6-16/h2-8,10,12-14H,9,11H2,1H3,(H,23,24)(H,25,26). The van der Waals surface area contributed by atoms with Gasteiger partial charge in [0.2, 0.25) is 0 Å². The number of anilines is 2. The fraction of sp³-hybridized carbons (Fsp3) is 0.143. The fourth-order valence-corrected chi connectivity index (χ4v) is 2.84. The average Bonchev–Trinajstić information content (AvgIpc) is 2.65. The third-order valence-electron chi connectivity index (χ3n) is 4.01. The first-order valence-corrected chi connectivity index (χ1v) is 8.81. The minimum absolute atomic E-state index is 0.248. The number of halogens is 1. The van der Waals surface area contributed by atoms with E-state index in [0.717, 1.165) is 29.9 Å². The van der Waals surface area contributed by atoms with Crippen molar-refractivity contribution in [3.63, 3.8) is 0 Å². The molecule has 132 valence electrons. The summed E-state index contributed by atoms with van der Waals surface area (Å²) in [6.07, 6.45) is 2.54. The number of carbonyl (C=O) groups is 1. The van der Waals surface area contributed by atoms with Gasteiger partial charge >= 0.3 is 0 Å². The quantitative estimate of drug-likeness (QED) is 0.649. The van der Waals surface area contributed by atoms with Crippen LogP contribution in [-0.4, -0.2) is 17.4 Å². The number of hydrogen-bond donors (Lipinski definition) is 2. The monoisotopic (exact) mass is 365 g/mol. The average molecular weight is 366 g/mol. The molecule has 0 saturated carbocycles. The molecule has 0 aliphatic heterocycles. The van der Waals surface area contributed by atoms with Crippen LogP contribution in [0.1, 0.15) is 21.6 Å². The second kappa shape index (κ2) is 8.50. The van der Waals surface area contributed by atoms with Gasteiger partial charge in [0.15, 0.2) is 0 Å². The van der Waals surface area contributed by atoms with Crippen molar-refractivity contribution >= 4 is 28.9 Å². The van der Waals surface area contributed by atoms with Crippen LogP contribution in [0, 0.1) is 6.92 Å². The van der Waals surface area contributed by atoms with Crippen molar-refractivity contribution < 1.29 is 4.79 Å². The molecule has 4 nitrogen and oxygen atoms in total. The van der Waals surface area contributed by atoms with Crippen LogP contribution in [0.3, 0.4) is 0 Å². The van der Waals surface area contributed by atoms with E-state index in [9.17, 15) is 4.79 Å². The van der Waals surface area contributed by atoms with Crippen LogP contribution in [0.4, 0.5) is 11.4 Å². The van der Waals surface area contributed by atoms with E-state index in [1.807, 2.05) is 37.3 Å². The van der Waals surface area contributed by atoms with Gasteiger partial charge in [0.1, 0.15) is 5.69 Å². The summed E-state index contributed by atoms with van der Waals surface area (Å²) in [5.41, 5.74) is 4.13. The summed E-state index contributed by atoms with van der Waals surface area (Å²) < 4.78 is 0. The summed E-state index contributed by atoms with van der Waals surface area (Å²) in [6.45, 7) is 2.68. The summed E-state index contributed by atoms with van der Waals surface area (Å²) in [7, 11) is 0. The van der Waals surface area contributed by atoms with Gasteiger partial charge in [0.05, 0.1) is 0 Å². The zero-order chi connectivity index (χ0) is 18.4. The molecule has 2 N–H and O–H groups in total. The summed E-state index contributed by atoms with van der Waals surface area (Å²) in [5, 5.41) is 6.85. The number of hydrogen-bond acceptors (Lipinski definition) is 3. The summed E-state index contributed by atoms with van der Waals surface area (Å²) >= 11 is 5.95. The second-order valence-corrected chi connectivity index (χ2v) is 6.44. The van der Waals surface area contributed by atoms with Gasteiger partial charge in [0.25, 0.3) is 5.91 Å². The van der Waals surface area contributed by atoms with Crippen molar-refractivity contribution in [3.8, 4) is 0 Å². The van der Waals surface area contributed by atoms with Crippen LogP contribution in [0.25, 0.3) is 0 Å². The second-order valence-electron chi connectivity index (χ2n) is 6.01. The Labute approximate surface area is 158 Å². The van der Waals surface area contributed by atoms with Crippen molar-refractivity contribution in [1.29, 1.82) is 0 Å². The molecule has 1 amide bonds. The van der Waals surface area contributed by atoms with E-state index >= 15 is 0 Å². The van der Waals surface area contributed by atoms with E-state index in [2.05, 4.69) is 27.8 Å². The molecule has 5 heteroatoms. The van der Waals surface area contributed by atoms with Crippen LogP contribution in [0.15, 0.2) is 66.9 Å². The van der Waals surface area contributed by atoms with Crippen molar-refractivity contribution in [2.24, 2.45) is 0 Å². The molecule has 0 saturated heterocycles. The SMILES string of the molecule is Cc1cc(Cl)ccc1NC(=O)c1cc(NCCc2ccccc2)ccn1. The molecule has 0 aliphatic rings. The van der Waals surface area contributed by atoms with Gasteiger partial charge in [-0.05, 0) is 54.8 Å². The van der Waals surface area contributed by atoms with Crippen LogP contribution in [0.2, 0.25) is 5.02 Å². The van der Waals surface area contributed by atoms with Crippen molar-refractivity contribution in [1.82, 2.24) is 4.98 Å². The molecule has 26 heavy (non-hydrogen) atoms. The van der Waals surface area contributed by atoms with Crippen molar-refractivity contribution in [3.05, 3.63) is 88.7 Å². The summed E-state index contributed by atoms with van der Waals surface area (Å²) in [6, 6.07) is 19.2. The molecule has 0 unspecified atom stereocenters. The number of amides is 1. The lowest BCUT2D eigenvalue weighted by molar-refractivity contribution is 0.102. The smallest absolute Gasteiger partial charge is 0.274 e. The minimum Gasteiger partial charge on any atom is -0.385 e. The topological polar surface area (TPSA) is 54.0 Å². The third kappa shape index (κ3) is 4.83. The highest BCUT2D eigenvalue weighted by Gasteiger charge is 2.10. The van der Waals surface area contributed by atoms with Gasteiger partial charge in [-0.15, -0.1) is 0 Å². The first-order chi connectivity index (χ1) is 12.6. The molecule has 2 aromatic carbocycles. The van der Waals surface area contributed by atoms with E-state index in [1.165, 1.54) is 5.56 Å². The molecule has 0 radical (unpaired) electrons. The number of benzene rings is 2. The van der Waals surface area contributed by atoms with Crippen LogP contribution >= 0.6 is 11.6 Å². The molecule has 3 rings (SSSR count). The molecule has 1 heterocycles. The Morgan fingerprint density at radius 3 is 2.65 bits per heavy atom. The molecular formula is C21H20ClN3O. The van der Waals surface area contributed by atoms with Crippen molar-refractivity contribution in [2.45, 2.75) is 13.3 Å². The van der Waals surface area contributed by atoms with Crippen LogP contribution in [-0.2, 0) is 6.42 Å². The molecule has 1 aromatic heterocycles. The number of nitrogens with zero attached hydrogens (tertiary/aromatic N) is 1. The fourth-order valence-electron chi connectivity index (χ4n) is 2.61. The Kier molecular flexibility index (Phi) is 5.87. The van der Waals surface area contributed by atoms with Gasteiger partial charge in [0, 0.05) is 29.1 Å². The lowest BCUT2D eigenvalue weighted by Gasteiger charge is -2.10. The molecule has 0 bridgehead atoms. The number of pyridine rings is 1. The van der Waals surface area contributed by atoms with Crippen LogP contribution < -0.4 is 10.6 Å². The van der Waals surface area contributed by atoms with Gasteiger partial charge in [-0.3, -0.25) is 9.78 Å². The predicted octanol–water partition coefficient (Wildman–Crippen LogP) is 4.95. The predicted molar refractivity (Wildman–Crippen MR) is 107 cm³/mol. The van der Waals surface area contributed by atoms with Gasteiger partial charge in [-0.25, -0.2) is 0 Å². The highest BCUT2D eigenvalue weighted by atomic mass is 35.5.